The van der Waals surface area contributed by atoms with Gasteiger partial charge in [0.25, 0.3) is 0 Å². The summed E-state index contributed by atoms with van der Waals surface area (Å²) < 4.78 is 0. The lowest BCUT2D eigenvalue weighted by Gasteiger charge is -2.19. The molecule has 0 amide bonds. The Labute approximate surface area is 101 Å². The second-order valence-electron chi connectivity index (χ2n) is 3.82. The molecule has 0 saturated heterocycles. The summed E-state index contributed by atoms with van der Waals surface area (Å²) in [5.74, 6) is 0.466. The van der Waals surface area contributed by atoms with Gasteiger partial charge in [0.05, 0.1) is 0 Å². The second-order valence-corrected chi connectivity index (χ2v) is 3.82. The van der Waals surface area contributed by atoms with Gasteiger partial charge in [-0.2, -0.15) is 15.0 Å². The molecule has 0 saturated carbocycles. The van der Waals surface area contributed by atoms with E-state index >= 15 is 0 Å². The largest absolute Gasteiger partial charge is 0.376 e. The number of aliphatic hydroxyl groups is 1. The highest BCUT2D eigenvalue weighted by Gasteiger charge is 2.10. The fraction of sp³-hybridized carbons (Fsp3) is 0.700. The summed E-state index contributed by atoms with van der Waals surface area (Å²) in [6, 6.07) is 0. The number of aliphatic hydroxyl groups excluding tert-OH is 1. The molecule has 0 unspecified atom stereocenters. The van der Waals surface area contributed by atoms with Crippen molar-refractivity contribution >= 4 is 17.8 Å². The zero-order chi connectivity index (χ0) is 12.7. The highest BCUT2D eigenvalue weighted by molar-refractivity contribution is 5.39. The number of hydrogen-bond acceptors (Lipinski definition) is 7. The lowest BCUT2D eigenvalue weighted by molar-refractivity contribution is 0.287. The Morgan fingerprint density at radius 3 is 2.24 bits per heavy atom. The molecule has 1 aromatic heterocycles. The molecule has 0 atom stereocenters. The number of nitrogen functional groups attached to an aromatic ring is 2. The molecule has 0 aliphatic carbocycles. The first-order valence-electron chi connectivity index (χ1n) is 5.80. The zero-order valence-corrected chi connectivity index (χ0v) is 10.1. The van der Waals surface area contributed by atoms with Crippen molar-refractivity contribution in [3.05, 3.63) is 0 Å². The van der Waals surface area contributed by atoms with Crippen molar-refractivity contribution in [1.29, 1.82) is 0 Å². The highest BCUT2D eigenvalue weighted by atomic mass is 16.3. The molecule has 1 rings (SSSR count). The van der Waals surface area contributed by atoms with E-state index in [9.17, 15) is 5.11 Å². The monoisotopic (exact) mass is 240 g/mol. The molecule has 0 spiro atoms. The third-order valence-electron chi connectivity index (χ3n) is 2.39. The van der Waals surface area contributed by atoms with Crippen LogP contribution in [0.25, 0.3) is 0 Å². The summed E-state index contributed by atoms with van der Waals surface area (Å²) in [5.41, 5.74) is 11.0. The second kappa shape index (κ2) is 6.85. The number of rotatable bonds is 7. The van der Waals surface area contributed by atoms with E-state index in [-0.39, 0.29) is 18.6 Å². The summed E-state index contributed by atoms with van der Waals surface area (Å²) in [6.45, 7) is 2.67. The Bertz CT molecular complexity index is 325. The van der Waals surface area contributed by atoms with Crippen molar-refractivity contribution in [3.8, 4) is 0 Å². The molecule has 5 N–H and O–H groups in total. The summed E-state index contributed by atoms with van der Waals surface area (Å²) in [5, 5.41) is 9.26. The molecule has 0 bridgehead atoms. The molecule has 7 heteroatoms. The van der Waals surface area contributed by atoms with Gasteiger partial charge >= 0.3 is 0 Å². The quantitative estimate of drug-likeness (QED) is 0.466. The standard InChI is InChI=1S/C10H20N6O/c1-2-3-4-5-6-16(7-17)10-14-8(11)13-9(12)15-10/h17H,2-7H2,1H3,(H4,11,12,13,14,15). The minimum atomic E-state index is -0.158. The van der Waals surface area contributed by atoms with Gasteiger partial charge in [0.15, 0.2) is 0 Å². The number of aromatic nitrogens is 3. The first kappa shape index (κ1) is 13.4. The van der Waals surface area contributed by atoms with Crippen LogP contribution in [0.2, 0.25) is 0 Å². The van der Waals surface area contributed by atoms with Gasteiger partial charge in [0.2, 0.25) is 17.8 Å². The first-order chi connectivity index (χ1) is 8.17. The molecule has 17 heavy (non-hydrogen) atoms. The minimum Gasteiger partial charge on any atom is -0.376 e. The third-order valence-corrected chi connectivity index (χ3v) is 2.39. The topological polar surface area (TPSA) is 114 Å². The molecular formula is C10H20N6O. The Morgan fingerprint density at radius 2 is 1.71 bits per heavy atom. The Hall–Kier alpha value is -1.63. The van der Waals surface area contributed by atoms with Crippen LogP contribution in [0, 0.1) is 0 Å². The lowest BCUT2D eigenvalue weighted by atomic mass is 10.2. The summed E-state index contributed by atoms with van der Waals surface area (Å²) in [7, 11) is 0. The molecule has 1 heterocycles. The predicted octanol–water partition coefficient (Wildman–Crippen LogP) is 0.373. The number of unbranched alkanes of at least 4 members (excludes halogenated alkanes) is 3. The van der Waals surface area contributed by atoms with E-state index < -0.39 is 0 Å². The fourth-order valence-electron chi connectivity index (χ4n) is 1.50. The van der Waals surface area contributed by atoms with Crippen molar-refractivity contribution in [2.45, 2.75) is 32.6 Å². The van der Waals surface area contributed by atoms with Crippen LogP contribution in [0.4, 0.5) is 17.8 Å². The normalized spacial score (nSPS) is 10.5. The van der Waals surface area contributed by atoms with E-state index in [2.05, 4.69) is 21.9 Å². The number of anilines is 3. The first-order valence-corrected chi connectivity index (χ1v) is 5.80. The maximum atomic E-state index is 9.26. The van der Waals surface area contributed by atoms with Crippen LogP contribution in [0.3, 0.4) is 0 Å². The average Bonchev–Trinajstić information content (AvgIpc) is 2.28. The molecule has 0 aromatic carbocycles. The van der Waals surface area contributed by atoms with E-state index in [0.29, 0.717) is 12.5 Å². The molecule has 0 aliphatic heterocycles. The van der Waals surface area contributed by atoms with Gasteiger partial charge in [-0.05, 0) is 6.42 Å². The highest BCUT2D eigenvalue weighted by Crippen LogP contribution is 2.11. The van der Waals surface area contributed by atoms with Crippen molar-refractivity contribution < 1.29 is 5.11 Å². The SMILES string of the molecule is CCCCCCN(CO)c1nc(N)nc(N)n1. The van der Waals surface area contributed by atoms with Gasteiger partial charge in [-0.15, -0.1) is 0 Å². The van der Waals surface area contributed by atoms with Crippen molar-refractivity contribution in [2.24, 2.45) is 0 Å². The van der Waals surface area contributed by atoms with Gasteiger partial charge in [-0.3, -0.25) is 0 Å². The molecule has 7 nitrogen and oxygen atoms in total. The van der Waals surface area contributed by atoms with Gasteiger partial charge in [0.1, 0.15) is 6.73 Å². The fourth-order valence-corrected chi connectivity index (χ4v) is 1.50. The van der Waals surface area contributed by atoms with E-state index in [4.69, 9.17) is 11.5 Å². The number of nitrogens with two attached hydrogens (primary N) is 2. The predicted molar refractivity (Wildman–Crippen MR) is 67.2 cm³/mol. The van der Waals surface area contributed by atoms with Crippen molar-refractivity contribution in [1.82, 2.24) is 15.0 Å². The molecule has 0 fully saturated rings. The summed E-state index contributed by atoms with van der Waals surface area (Å²) in [6.07, 6.45) is 4.44. The molecular weight excluding hydrogens is 220 g/mol. The molecule has 1 aromatic rings. The lowest BCUT2D eigenvalue weighted by Crippen LogP contribution is -2.28. The van der Waals surface area contributed by atoms with Crippen molar-refractivity contribution in [3.63, 3.8) is 0 Å². The molecule has 96 valence electrons. The smallest absolute Gasteiger partial charge is 0.233 e. The van der Waals surface area contributed by atoms with Crippen LogP contribution in [-0.2, 0) is 0 Å². The maximum absolute atomic E-state index is 9.26. The van der Waals surface area contributed by atoms with Crippen LogP contribution in [-0.4, -0.2) is 33.3 Å². The van der Waals surface area contributed by atoms with E-state index in [1.165, 1.54) is 12.8 Å². The molecule has 0 aliphatic rings. The van der Waals surface area contributed by atoms with Gasteiger partial charge in [0, 0.05) is 6.54 Å². The van der Waals surface area contributed by atoms with Gasteiger partial charge in [-0.25, -0.2) is 0 Å². The van der Waals surface area contributed by atoms with Gasteiger partial charge in [-0.1, -0.05) is 26.2 Å². The summed E-state index contributed by atoms with van der Waals surface area (Å²) >= 11 is 0. The Balaban J connectivity index is 2.59. The maximum Gasteiger partial charge on any atom is 0.233 e. The van der Waals surface area contributed by atoms with E-state index in [0.717, 1.165) is 12.8 Å². The Kier molecular flexibility index (Phi) is 5.41. The molecule has 0 radical (unpaired) electrons. The summed E-state index contributed by atoms with van der Waals surface area (Å²) in [4.78, 5) is 13.2. The van der Waals surface area contributed by atoms with Crippen LogP contribution in [0.5, 0.6) is 0 Å². The van der Waals surface area contributed by atoms with Crippen LogP contribution >= 0.6 is 0 Å². The minimum absolute atomic E-state index is 0.0690. The van der Waals surface area contributed by atoms with Gasteiger partial charge < -0.3 is 21.5 Å². The van der Waals surface area contributed by atoms with Crippen LogP contribution < -0.4 is 16.4 Å². The Morgan fingerprint density at radius 1 is 1.06 bits per heavy atom. The number of nitrogens with zero attached hydrogens (tertiary/aromatic N) is 4. The van der Waals surface area contributed by atoms with Crippen LogP contribution in [0.1, 0.15) is 32.6 Å². The van der Waals surface area contributed by atoms with E-state index in [1.807, 2.05) is 0 Å². The van der Waals surface area contributed by atoms with E-state index in [1.54, 1.807) is 4.90 Å². The zero-order valence-electron chi connectivity index (χ0n) is 10.1. The third kappa shape index (κ3) is 4.39. The number of hydrogen-bond donors (Lipinski definition) is 3. The van der Waals surface area contributed by atoms with Crippen LogP contribution in [0.15, 0.2) is 0 Å². The van der Waals surface area contributed by atoms with Crippen molar-refractivity contribution in [2.75, 3.05) is 29.6 Å². The average molecular weight is 240 g/mol.